The zero-order valence-corrected chi connectivity index (χ0v) is 10.3. The van der Waals surface area contributed by atoms with E-state index in [1.54, 1.807) is 24.3 Å². The molecule has 5 heteroatoms. The van der Waals surface area contributed by atoms with Gasteiger partial charge in [0.25, 0.3) is 0 Å². The summed E-state index contributed by atoms with van der Waals surface area (Å²) < 4.78 is 0. The Hall–Kier alpha value is -2.07. The summed E-state index contributed by atoms with van der Waals surface area (Å²) in [6.07, 6.45) is 1.78. The van der Waals surface area contributed by atoms with E-state index in [1.165, 1.54) is 6.20 Å². The zero-order valence-electron chi connectivity index (χ0n) is 9.56. The van der Waals surface area contributed by atoms with E-state index in [4.69, 9.17) is 17.3 Å². The van der Waals surface area contributed by atoms with Crippen LogP contribution in [-0.4, -0.2) is 10.9 Å². The first kappa shape index (κ1) is 12.4. The standard InChI is InChI=1S/C13H12ClN3O/c14-10-3-1-9(2-4-10)7-13(18)17-12-6-5-11(15)8-16-12/h1-6,8H,7,15H2,(H,16,17,18). The molecular weight excluding hydrogens is 250 g/mol. The Kier molecular flexibility index (Phi) is 3.79. The molecule has 0 aliphatic rings. The molecule has 4 nitrogen and oxygen atoms in total. The highest BCUT2D eigenvalue weighted by Crippen LogP contribution is 2.11. The van der Waals surface area contributed by atoms with Gasteiger partial charge in [0.1, 0.15) is 5.82 Å². The van der Waals surface area contributed by atoms with Crippen molar-refractivity contribution in [1.82, 2.24) is 4.98 Å². The molecule has 3 N–H and O–H groups in total. The molecule has 2 aromatic rings. The molecule has 0 atom stereocenters. The minimum Gasteiger partial charge on any atom is -0.397 e. The van der Waals surface area contributed by atoms with Crippen molar-refractivity contribution in [2.75, 3.05) is 11.1 Å². The number of benzene rings is 1. The normalized spacial score (nSPS) is 10.1. The quantitative estimate of drug-likeness (QED) is 0.892. The molecule has 0 aliphatic carbocycles. The van der Waals surface area contributed by atoms with Crippen LogP contribution in [0.3, 0.4) is 0 Å². The van der Waals surface area contributed by atoms with E-state index in [2.05, 4.69) is 10.3 Å². The number of anilines is 2. The van der Waals surface area contributed by atoms with Gasteiger partial charge >= 0.3 is 0 Å². The second-order valence-electron chi connectivity index (χ2n) is 3.83. The molecule has 0 saturated carbocycles. The SMILES string of the molecule is Nc1ccc(NC(=O)Cc2ccc(Cl)cc2)nc1. The molecule has 92 valence electrons. The Morgan fingerprint density at radius 1 is 1.22 bits per heavy atom. The minimum absolute atomic E-state index is 0.130. The van der Waals surface area contributed by atoms with Gasteiger partial charge in [-0.15, -0.1) is 0 Å². The summed E-state index contributed by atoms with van der Waals surface area (Å²) in [6.45, 7) is 0. The van der Waals surface area contributed by atoms with E-state index in [0.29, 0.717) is 16.5 Å². The molecule has 0 aliphatic heterocycles. The maximum atomic E-state index is 11.7. The third kappa shape index (κ3) is 3.46. The number of rotatable bonds is 3. The van der Waals surface area contributed by atoms with E-state index < -0.39 is 0 Å². The highest BCUT2D eigenvalue weighted by molar-refractivity contribution is 6.30. The predicted molar refractivity (Wildman–Crippen MR) is 72.4 cm³/mol. The Labute approximate surface area is 110 Å². The lowest BCUT2D eigenvalue weighted by Gasteiger charge is -2.04. The number of nitrogen functional groups attached to an aromatic ring is 1. The monoisotopic (exact) mass is 261 g/mol. The van der Waals surface area contributed by atoms with Crippen molar-refractivity contribution in [3.8, 4) is 0 Å². The Bertz CT molecular complexity index is 488. The van der Waals surface area contributed by atoms with Crippen LogP contribution in [0, 0.1) is 0 Å². The molecular formula is C13H12ClN3O. The van der Waals surface area contributed by atoms with Crippen LogP contribution >= 0.6 is 11.6 Å². The van der Waals surface area contributed by atoms with Gasteiger partial charge in [-0.05, 0) is 29.8 Å². The number of aromatic nitrogens is 1. The number of carbonyl (C=O) groups excluding carboxylic acids is 1. The topological polar surface area (TPSA) is 68.0 Å². The fourth-order valence-corrected chi connectivity index (χ4v) is 1.58. The highest BCUT2D eigenvalue weighted by Gasteiger charge is 2.04. The lowest BCUT2D eigenvalue weighted by molar-refractivity contribution is -0.115. The summed E-state index contributed by atoms with van der Waals surface area (Å²) >= 11 is 5.77. The van der Waals surface area contributed by atoms with Crippen LogP contribution in [0.5, 0.6) is 0 Å². The maximum Gasteiger partial charge on any atom is 0.229 e. The van der Waals surface area contributed by atoms with Crippen LogP contribution in [0.1, 0.15) is 5.56 Å². The van der Waals surface area contributed by atoms with Crippen molar-refractivity contribution in [1.29, 1.82) is 0 Å². The van der Waals surface area contributed by atoms with Gasteiger partial charge in [-0.25, -0.2) is 4.98 Å². The number of carbonyl (C=O) groups is 1. The average Bonchev–Trinajstić information content (AvgIpc) is 2.35. The number of hydrogen-bond donors (Lipinski definition) is 2. The molecule has 0 radical (unpaired) electrons. The van der Waals surface area contributed by atoms with Gasteiger partial charge in [-0.1, -0.05) is 23.7 Å². The number of hydrogen-bond acceptors (Lipinski definition) is 3. The lowest BCUT2D eigenvalue weighted by atomic mass is 10.1. The van der Waals surface area contributed by atoms with E-state index in [1.807, 2.05) is 12.1 Å². The van der Waals surface area contributed by atoms with E-state index >= 15 is 0 Å². The van der Waals surface area contributed by atoms with Gasteiger partial charge in [0, 0.05) is 5.02 Å². The highest BCUT2D eigenvalue weighted by atomic mass is 35.5. The molecule has 0 bridgehead atoms. The molecule has 0 unspecified atom stereocenters. The number of nitrogens with one attached hydrogen (secondary N) is 1. The first-order chi connectivity index (χ1) is 8.63. The molecule has 18 heavy (non-hydrogen) atoms. The first-order valence-corrected chi connectivity index (χ1v) is 5.77. The molecule has 0 saturated heterocycles. The largest absolute Gasteiger partial charge is 0.397 e. The average molecular weight is 262 g/mol. The number of nitrogens with two attached hydrogens (primary N) is 1. The molecule has 2 rings (SSSR count). The van der Waals surface area contributed by atoms with Gasteiger partial charge in [0.15, 0.2) is 0 Å². The van der Waals surface area contributed by atoms with Gasteiger partial charge < -0.3 is 11.1 Å². The summed E-state index contributed by atoms with van der Waals surface area (Å²) in [5.41, 5.74) is 6.96. The van der Waals surface area contributed by atoms with Crippen molar-refractivity contribution >= 4 is 29.0 Å². The molecule has 0 fully saturated rings. The van der Waals surface area contributed by atoms with Crippen molar-refractivity contribution in [3.05, 3.63) is 53.2 Å². The molecule has 1 aromatic heterocycles. The van der Waals surface area contributed by atoms with Crippen molar-refractivity contribution in [3.63, 3.8) is 0 Å². The third-order valence-corrected chi connectivity index (χ3v) is 2.58. The fourth-order valence-electron chi connectivity index (χ4n) is 1.45. The van der Waals surface area contributed by atoms with Crippen LogP contribution in [0.2, 0.25) is 5.02 Å². The van der Waals surface area contributed by atoms with Crippen molar-refractivity contribution < 1.29 is 4.79 Å². The summed E-state index contributed by atoms with van der Waals surface area (Å²) in [6, 6.07) is 10.5. The Morgan fingerprint density at radius 3 is 2.56 bits per heavy atom. The first-order valence-electron chi connectivity index (χ1n) is 5.39. The molecule has 1 heterocycles. The molecule has 1 amide bonds. The van der Waals surface area contributed by atoms with E-state index in [0.717, 1.165) is 5.56 Å². The van der Waals surface area contributed by atoms with Gasteiger partial charge in [-0.2, -0.15) is 0 Å². The third-order valence-electron chi connectivity index (χ3n) is 2.33. The second kappa shape index (κ2) is 5.51. The fraction of sp³-hybridized carbons (Fsp3) is 0.0769. The molecule has 0 spiro atoms. The number of halogens is 1. The van der Waals surface area contributed by atoms with Gasteiger partial charge in [0.05, 0.1) is 18.3 Å². The zero-order chi connectivity index (χ0) is 13.0. The maximum absolute atomic E-state index is 11.7. The second-order valence-corrected chi connectivity index (χ2v) is 4.26. The van der Waals surface area contributed by atoms with Gasteiger partial charge in [0.2, 0.25) is 5.91 Å². The summed E-state index contributed by atoms with van der Waals surface area (Å²) in [5, 5.41) is 3.35. The van der Waals surface area contributed by atoms with Crippen LogP contribution in [-0.2, 0) is 11.2 Å². The van der Waals surface area contributed by atoms with Gasteiger partial charge in [-0.3, -0.25) is 4.79 Å². The summed E-state index contributed by atoms with van der Waals surface area (Å²) in [5.74, 6) is 0.359. The van der Waals surface area contributed by atoms with Crippen molar-refractivity contribution in [2.45, 2.75) is 6.42 Å². The summed E-state index contributed by atoms with van der Waals surface area (Å²) in [4.78, 5) is 15.7. The van der Waals surface area contributed by atoms with Crippen LogP contribution in [0.25, 0.3) is 0 Å². The smallest absolute Gasteiger partial charge is 0.229 e. The van der Waals surface area contributed by atoms with Crippen LogP contribution < -0.4 is 11.1 Å². The van der Waals surface area contributed by atoms with E-state index in [9.17, 15) is 4.79 Å². The van der Waals surface area contributed by atoms with Crippen LogP contribution in [0.4, 0.5) is 11.5 Å². The van der Waals surface area contributed by atoms with Crippen molar-refractivity contribution in [2.24, 2.45) is 0 Å². The van der Waals surface area contributed by atoms with Crippen LogP contribution in [0.15, 0.2) is 42.6 Å². The number of amides is 1. The number of pyridine rings is 1. The summed E-state index contributed by atoms with van der Waals surface area (Å²) in [7, 11) is 0. The minimum atomic E-state index is -0.130. The Morgan fingerprint density at radius 2 is 1.94 bits per heavy atom. The lowest BCUT2D eigenvalue weighted by Crippen LogP contribution is -2.15. The van der Waals surface area contributed by atoms with E-state index in [-0.39, 0.29) is 12.3 Å². The predicted octanol–water partition coefficient (Wildman–Crippen LogP) is 2.50. The molecule has 1 aromatic carbocycles. The number of nitrogens with zero attached hydrogens (tertiary/aromatic N) is 1. The Balaban J connectivity index is 1.96.